The quantitative estimate of drug-likeness (QED) is 0.855. The van der Waals surface area contributed by atoms with Gasteiger partial charge in [-0.2, -0.15) is 0 Å². The van der Waals surface area contributed by atoms with Crippen molar-refractivity contribution in [3.8, 4) is 0 Å². The van der Waals surface area contributed by atoms with Crippen LogP contribution in [0.4, 0.5) is 0 Å². The van der Waals surface area contributed by atoms with Gasteiger partial charge in [-0.15, -0.1) is 11.3 Å². The Balaban J connectivity index is 2.36. The van der Waals surface area contributed by atoms with E-state index in [2.05, 4.69) is 31.9 Å². The predicted molar refractivity (Wildman–Crippen MR) is 70.2 cm³/mol. The minimum Gasteiger partial charge on any atom is -0.384 e. The summed E-state index contributed by atoms with van der Waals surface area (Å²) in [6, 6.07) is 11.6. The van der Waals surface area contributed by atoms with Crippen molar-refractivity contribution in [3.63, 3.8) is 0 Å². The van der Waals surface area contributed by atoms with E-state index < -0.39 is 6.10 Å². The number of aliphatic hydroxyl groups is 1. The Morgan fingerprint density at radius 3 is 2.33 bits per heavy atom. The lowest BCUT2D eigenvalue weighted by atomic mass is 10.1. The highest BCUT2D eigenvalue weighted by molar-refractivity contribution is 9.12. The van der Waals surface area contributed by atoms with Gasteiger partial charge in [-0.1, -0.05) is 30.3 Å². The van der Waals surface area contributed by atoms with Gasteiger partial charge in [-0.05, 0) is 43.5 Å². The average Bonchev–Trinajstić information content (AvgIpc) is 2.58. The fourth-order valence-corrected chi connectivity index (χ4v) is 4.24. The van der Waals surface area contributed by atoms with Crippen LogP contribution in [-0.2, 0) is 0 Å². The van der Waals surface area contributed by atoms with Crippen molar-refractivity contribution in [2.45, 2.75) is 6.10 Å². The van der Waals surface area contributed by atoms with E-state index in [1.165, 1.54) is 0 Å². The Labute approximate surface area is 109 Å². The van der Waals surface area contributed by atoms with Crippen molar-refractivity contribution < 1.29 is 5.11 Å². The fourth-order valence-electron chi connectivity index (χ4n) is 1.35. The number of halogens is 2. The third kappa shape index (κ3) is 2.50. The van der Waals surface area contributed by atoms with Gasteiger partial charge in [-0.3, -0.25) is 0 Å². The molecule has 4 heteroatoms. The third-order valence-electron chi connectivity index (χ3n) is 2.09. The monoisotopic (exact) mass is 346 g/mol. The van der Waals surface area contributed by atoms with Crippen LogP contribution in [0.15, 0.2) is 44.0 Å². The zero-order valence-electron chi connectivity index (χ0n) is 7.65. The van der Waals surface area contributed by atoms with Crippen molar-refractivity contribution in [2.24, 2.45) is 0 Å². The van der Waals surface area contributed by atoms with Gasteiger partial charge < -0.3 is 5.11 Å². The van der Waals surface area contributed by atoms with Crippen LogP contribution < -0.4 is 0 Å². The second-order valence-corrected chi connectivity index (χ2v) is 6.84. The molecule has 2 rings (SSSR count). The topological polar surface area (TPSA) is 20.2 Å². The predicted octanol–water partition coefficient (Wildman–Crippen LogP) is 4.35. The van der Waals surface area contributed by atoms with Crippen LogP contribution in [0.1, 0.15) is 17.2 Å². The van der Waals surface area contributed by atoms with Gasteiger partial charge >= 0.3 is 0 Å². The Bertz CT molecular complexity index is 453. The van der Waals surface area contributed by atoms with Crippen molar-refractivity contribution in [2.75, 3.05) is 0 Å². The molecule has 1 aromatic carbocycles. The molecule has 1 nitrogen and oxygen atoms in total. The summed E-state index contributed by atoms with van der Waals surface area (Å²) < 4.78 is 1.98. The van der Waals surface area contributed by atoms with Crippen molar-refractivity contribution >= 4 is 43.2 Å². The summed E-state index contributed by atoms with van der Waals surface area (Å²) in [7, 11) is 0. The molecule has 0 saturated heterocycles. The first-order valence-corrected chi connectivity index (χ1v) is 6.76. The molecule has 1 heterocycles. The molecular weight excluding hydrogens is 340 g/mol. The first-order valence-electron chi connectivity index (χ1n) is 4.36. The zero-order chi connectivity index (χ0) is 10.8. The van der Waals surface area contributed by atoms with Gasteiger partial charge in [0, 0.05) is 5.56 Å². The summed E-state index contributed by atoms with van der Waals surface area (Å²) in [5.74, 6) is 0. The first-order chi connectivity index (χ1) is 7.18. The lowest BCUT2D eigenvalue weighted by Crippen LogP contribution is -1.97. The molecule has 78 valence electrons. The largest absolute Gasteiger partial charge is 0.384 e. The van der Waals surface area contributed by atoms with Crippen molar-refractivity contribution in [1.82, 2.24) is 0 Å². The highest BCUT2D eigenvalue weighted by Crippen LogP contribution is 2.37. The number of hydrogen-bond acceptors (Lipinski definition) is 2. The van der Waals surface area contributed by atoms with Crippen LogP contribution in [0, 0.1) is 0 Å². The van der Waals surface area contributed by atoms with Gasteiger partial charge in [0.1, 0.15) is 6.10 Å². The van der Waals surface area contributed by atoms with Gasteiger partial charge in [0.25, 0.3) is 0 Å². The molecule has 0 aliphatic rings. The van der Waals surface area contributed by atoms with Crippen LogP contribution in [-0.4, -0.2) is 5.11 Å². The number of rotatable bonds is 2. The number of aliphatic hydroxyl groups excluding tert-OH is 1. The van der Waals surface area contributed by atoms with Gasteiger partial charge in [0.05, 0.1) is 7.57 Å². The summed E-state index contributed by atoms with van der Waals surface area (Å²) in [5, 5.41) is 10.1. The zero-order valence-corrected chi connectivity index (χ0v) is 11.6. The summed E-state index contributed by atoms with van der Waals surface area (Å²) in [6.45, 7) is 0. The van der Waals surface area contributed by atoms with E-state index in [1.807, 2.05) is 36.4 Å². The molecule has 0 radical (unpaired) electrons. The van der Waals surface area contributed by atoms with Crippen LogP contribution >= 0.6 is 43.2 Å². The van der Waals surface area contributed by atoms with E-state index >= 15 is 0 Å². The minimum atomic E-state index is -0.567. The smallest absolute Gasteiger partial charge is 0.106 e. The Morgan fingerprint density at radius 2 is 1.80 bits per heavy atom. The molecule has 1 aromatic heterocycles. The maximum Gasteiger partial charge on any atom is 0.106 e. The van der Waals surface area contributed by atoms with Crippen LogP contribution in [0.2, 0.25) is 0 Å². The van der Waals surface area contributed by atoms with E-state index in [0.29, 0.717) is 0 Å². The van der Waals surface area contributed by atoms with E-state index in [9.17, 15) is 5.11 Å². The summed E-state index contributed by atoms with van der Waals surface area (Å²) in [6.07, 6.45) is -0.567. The number of benzene rings is 1. The normalized spacial score (nSPS) is 12.7. The van der Waals surface area contributed by atoms with E-state index in [0.717, 1.165) is 18.7 Å². The Kier molecular flexibility index (Phi) is 3.61. The van der Waals surface area contributed by atoms with Gasteiger partial charge in [0.15, 0.2) is 0 Å². The third-order valence-corrected chi connectivity index (χ3v) is 4.48. The molecule has 1 atom stereocenters. The highest BCUT2D eigenvalue weighted by atomic mass is 79.9. The molecule has 0 saturated carbocycles. The molecule has 1 unspecified atom stereocenters. The van der Waals surface area contributed by atoms with Crippen LogP contribution in [0.3, 0.4) is 0 Å². The molecule has 1 N–H and O–H groups in total. The molecule has 0 amide bonds. The Hall–Kier alpha value is -0.160. The lowest BCUT2D eigenvalue weighted by molar-refractivity contribution is 0.220. The minimum absolute atomic E-state index is 0.567. The average molecular weight is 348 g/mol. The SMILES string of the molecule is OC(c1ccccc1)c1cc(Br)sc1Br. The molecule has 0 fully saturated rings. The summed E-state index contributed by atoms with van der Waals surface area (Å²) in [5.41, 5.74) is 1.81. The van der Waals surface area contributed by atoms with E-state index in [-0.39, 0.29) is 0 Å². The van der Waals surface area contributed by atoms with E-state index in [1.54, 1.807) is 11.3 Å². The second-order valence-electron chi connectivity index (χ2n) is 3.09. The summed E-state index contributed by atoms with van der Waals surface area (Å²) in [4.78, 5) is 0. The second kappa shape index (κ2) is 4.78. The standard InChI is InChI=1S/C11H8Br2OS/c12-9-6-8(11(13)15-9)10(14)7-4-2-1-3-5-7/h1-6,10,14H. The maximum atomic E-state index is 10.1. The molecule has 0 spiro atoms. The molecular formula is C11H8Br2OS. The fraction of sp³-hybridized carbons (Fsp3) is 0.0909. The molecule has 0 aliphatic heterocycles. The van der Waals surface area contributed by atoms with Crippen molar-refractivity contribution in [1.29, 1.82) is 0 Å². The molecule has 15 heavy (non-hydrogen) atoms. The van der Waals surface area contributed by atoms with Crippen LogP contribution in [0.25, 0.3) is 0 Å². The molecule has 0 aliphatic carbocycles. The number of thiophene rings is 1. The van der Waals surface area contributed by atoms with Crippen molar-refractivity contribution in [3.05, 3.63) is 55.1 Å². The van der Waals surface area contributed by atoms with Gasteiger partial charge in [0.2, 0.25) is 0 Å². The van der Waals surface area contributed by atoms with Crippen LogP contribution in [0.5, 0.6) is 0 Å². The lowest BCUT2D eigenvalue weighted by Gasteiger charge is -2.09. The highest BCUT2D eigenvalue weighted by Gasteiger charge is 2.15. The first kappa shape index (κ1) is 11.3. The van der Waals surface area contributed by atoms with Gasteiger partial charge in [-0.25, -0.2) is 0 Å². The summed E-state index contributed by atoms with van der Waals surface area (Å²) >= 11 is 8.41. The molecule has 2 aromatic rings. The van der Waals surface area contributed by atoms with E-state index in [4.69, 9.17) is 0 Å². The Morgan fingerprint density at radius 1 is 1.13 bits per heavy atom. The molecule has 0 bridgehead atoms. The number of hydrogen-bond donors (Lipinski definition) is 1. The maximum absolute atomic E-state index is 10.1.